The summed E-state index contributed by atoms with van der Waals surface area (Å²) in [5, 5.41) is 6.50. The Labute approximate surface area is 355 Å². The highest BCUT2D eigenvalue weighted by molar-refractivity contribution is 6.23. The fourth-order valence-electron chi connectivity index (χ4n) is 8.67. The van der Waals surface area contributed by atoms with Gasteiger partial charge in [0.1, 0.15) is 11.6 Å². The number of aromatic nitrogens is 3. The molecule has 318 valence electrons. The van der Waals surface area contributed by atoms with Crippen LogP contribution in [0.2, 0.25) is 0 Å². The molecule has 4 heterocycles. The molecule has 1 atom stereocenters. The topological polar surface area (TPSA) is 99.6 Å². The molecular formula is C49H63F2N9. The largest absolute Gasteiger partial charge is 0.404 e. The second-order valence-corrected chi connectivity index (χ2v) is 16.4. The molecule has 11 heteroatoms. The maximum absolute atomic E-state index is 15.2. The van der Waals surface area contributed by atoms with Crippen molar-refractivity contribution in [2.75, 3.05) is 39.0 Å². The number of fused-ring (bicyclic) bond motifs is 5. The highest BCUT2D eigenvalue weighted by atomic mass is 19.1. The summed E-state index contributed by atoms with van der Waals surface area (Å²) in [4.78, 5) is 19.2. The average molecular weight is 816 g/mol. The Hall–Kier alpha value is -5.55. The van der Waals surface area contributed by atoms with Gasteiger partial charge in [-0.15, -0.1) is 0 Å². The Morgan fingerprint density at radius 2 is 1.78 bits per heavy atom. The molecule has 2 aromatic heterocycles. The SMILES string of the molecule is C=CNC(=C)CCC(C)c1c(F)cc(CCN2CCC(N(C)C(=C)c3ccc4nc5n(c4c3)CCCCCCC(=NC)C(=CN)c3cc(cc(C)n3)C(=C)N5)CC2)cc1F. The first kappa shape index (κ1) is 44.0. The third kappa shape index (κ3) is 10.4. The number of aliphatic imine (C=N–C) groups is 1. The van der Waals surface area contributed by atoms with E-state index in [9.17, 15) is 0 Å². The predicted molar refractivity (Wildman–Crippen MR) is 246 cm³/mol. The van der Waals surface area contributed by atoms with Crippen molar-refractivity contribution in [1.29, 1.82) is 0 Å². The number of nitrogens with zero attached hydrogens (tertiary/aromatic N) is 6. The van der Waals surface area contributed by atoms with Gasteiger partial charge in [-0.1, -0.05) is 52.1 Å². The molecule has 1 saturated heterocycles. The first-order chi connectivity index (χ1) is 28.9. The van der Waals surface area contributed by atoms with Gasteiger partial charge >= 0.3 is 0 Å². The van der Waals surface area contributed by atoms with Crippen LogP contribution in [0.1, 0.15) is 104 Å². The maximum atomic E-state index is 15.2. The Kier molecular flexibility index (Phi) is 14.8. The fraction of sp³-hybridized carbons (Fsp3) is 0.408. The molecule has 0 radical (unpaired) electrons. The molecule has 0 spiro atoms. The van der Waals surface area contributed by atoms with E-state index in [1.807, 2.05) is 33.0 Å². The summed E-state index contributed by atoms with van der Waals surface area (Å²) in [5.74, 6) is -0.447. The molecule has 2 aliphatic heterocycles. The summed E-state index contributed by atoms with van der Waals surface area (Å²) in [6, 6.07) is 13.8. The van der Waals surface area contributed by atoms with E-state index in [1.54, 1.807) is 12.4 Å². The lowest BCUT2D eigenvalue weighted by molar-refractivity contribution is 0.162. The third-order valence-electron chi connectivity index (χ3n) is 12.3. The molecule has 0 aliphatic carbocycles. The molecule has 6 rings (SSSR count). The van der Waals surface area contributed by atoms with Crippen LogP contribution in [0.25, 0.3) is 28.0 Å². The van der Waals surface area contributed by atoms with Crippen molar-refractivity contribution < 1.29 is 8.78 Å². The Balaban J connectivity index is 1.10. The van der Waals surface area contributed by atoms with E-state index in [1.165, 1.54) is 12.1 Å². The normalized spacial score (nSPS) is 17.7. The van der Waals surface area contributed by atoms with Gasteiger partial charge in [-0.25, -0.2) is 13.8 Å². The van der Waals surface area contributed by atoms with Crippen molar-refractivity contribution in [1.82, 2.24) is 29.7 Å². The van der Waals surface area contributed by atoms with Crippen molar-refractivity contribution in [3.63, 3.8) is 0 Å². The molecule has 0 saturated carbocycles. The van der Waals surface area contributed by atoms with E-state index >= 15 is 8.78 Å². The molecule has 4 N–H and O–H groups in total. The second-order valence-electron chi connectivity index (χ2n) is 16.4. The van der Waals surface area contributed by atoms with Crippen LogP contribution in [-0.2, 0) is 13.0 Å². The van der Waals surface area contributed by atoms with Crippen LogP contribution in [0.4, 0.5) is 14.7 Å². The standard InChI is InChI=1S/C49H63F2N9/c1-9-54-33(3)16-15-32(2)48-42(50)27-37(28-43(48)51)19-23-59-24-20-40(21-25-59)58(8)36(6)38-17-18-45-47(30-38)60-22-13-11-10-12-14-44(53-7)41(31-52)46-29-39(26-34(4)55-46)35(5)56-49(60)57-45/h9,17-18,26-32,40,54H,1,3,5-6,10-16,19-25,52H2,2,4,7-8H3,(H,56,57). The highest BCUT2D eigenvalue weighted by Crippen LogP contribution is 2.32. The molecular weight excluding hydrogens is 753 g/mol. The molecule has 1 fully saturated rings. The Bertz CT molecular complexity index is 2250. The Morgan fingerprint density at radius 1 is 1.05 bits per heavy atom. The van der Waals surface area contributed by atoms with E-state index in [4.69, 9.17) is 15.7 Å². The third-order valence-corrected chi connectivity index (χ3v) is 12.3. The zero-order valence-corrected chi connectivity index (χ0v) is 36.1. The number of benzene rings is 2. The number of anilines is 1. The van der Waals surface area contributed by atoms with Gasteiger partial charge in [0.25, 0.3) is 0 Å². The molecule has 2 aliphatic rings. The van der Waals surface area contributed by atoms with Crippen LogP contribution in [-0.4, -0.2) is 69.8 Å². The van der Waals surface area contributed by atoms with Crippen LogP contribution in [0.5, 0.6) is 0 Å². The van der Waals surface area contributed by atoms with Gasteiger partial charge in [0, 0.05) is 97.7 Å². The van der Waals surface area contributed by atoms with E-state index in [0.717, 1.165) is 139 Å². The fourth-order valence-corrected chi connectivity index (χ4v) is 8.67. The number of halogens is 2. The highest BCUT2D eigenvalue weighted by Gasteiger charge is 2.25. The molecule has 60 heavy (non-hydrogen) atoms. The van der Waals surface area contributed by atoms with Gasteiger partial charge in [-0.05, 0) is 118 Å². The number of likely N-dealkylation sites (tertiary alicyclic amines) is 1. The monoisotopic (exact) mass is 816 g/mol. The van der Waals surface area contributed by atoms with Crippen LogP contribution in [0.15, 0.2) is 91.9 Å². The maximum Gasteiger partial charge on any atom is 0.208 e. The number of allylic oxidation sites excluding steroid dienone is 2. The quantitative estimate of drug-likeness (QED) is 0.131. The minimum Gasteiger partial charge on any atom is -0.404 e. The van der Waals surface area contributed by atoms with Gasteiger partial charge in [0.05, 0.1) is 16.7 Å². The predicted octanol–water partition coefficient (Wildman–Crippen LogP) is 10.2. The number of aryl methyl sites for hydroxylation is 2. The smallest absolute Gasteiger partial charge is 0.208 e. The van der Waals surface area contributed by atoms with E-state index in [-0.39, 0.29) is 11.5 Å². The van der Waals surface area contributed by atoms with E-state index < -0.39 is 11.6 Å². The van der Waals surface area contributed by atoms with Crippen molar-refractivity contribution in [3.05, 3.63) is 132 Å². The van der Waals surface area contributed by atoms with Gasteiger partial charge in [0.15, 0.2) is 0 Å². The van der Waals surface area contributed by atoms with E-state index in [2.05, 4.69) is 81.6 Å². The lowest BCUT2D eigenvalue weighted by atomic mass is 9.93. The summed E-state index contributed by atoms with van der Waals surface area (Å²) >= 11 is 0. The summed E-state index contributed by atoms with van der Waals surface area (Å²) < 4.78 is 32.7. The summed E-state index contributed by atoms with van der Waals surface area (Å²) in [6.45, 7) is 23.8. The average Bonchev–Trinajstić information content (AvgIpc) is 3.57. The molecule has 4 aromatic rings. The number of nitrogens with two attached hydrogens (primary N) is 1. The number of imidazole rings is 1. The van der Waals surface area contributed by atoms with Gasteiger partial charge in [-0.3, -0.25) is 9.98 Å². The first-order valence-corrected chi connectivity index (χ1v) is 21.4. The number of pyridine rings is 1. The van der Waals surface area contributed by atoms with Crippen molar-refractivity contribution >= 4 is 39.7 Å². The lowest BCUT2D eigenvalue weighted by Gasteiger charge is -2.38. The van der Waals surface area contributed by atoms with Crippen LogP contribution >= 0.6 is 0 Å². The number of nitrogens with one attached hydrogen (secondary N) is 2. The summed E-state index contributed by atoms with van der Waals surface area (Å²) in [7, 11) is 3.96. The lowest BCUT2D eigenvalue weighted by Crippen LogP contribution is -2.43. The molecule has 0 amide bonds. The zero-order valence-electron chi connectivity index (χ0n) is 36.1. The number of hydrogen-bond acceptors (Lipinski definition) is 8. The summed E-state index contributed by atoms with van der Waals surface area (Å²) in [6.07, 6.45) is 11.9. The zero-order chi connectivity index (χ0) is 42.9. The van der Waals surface area contributed by atoms with Crippen molar-refractivity contribution in [2.45, 2.75) is 96.6 Å². The van der Waals surface area contributed by atoms with Crippen molar-refractivity contribution in [3.8, 4) is 0 Å². The van der Waals surface area contributed by atoms with Crippen LogP contribution < -0.4 is 16.4 Å². The number of rotatable bonds is 12. The molecule has 1 unspecified atom stereocenters. The van der Waals surface area contributed by atoms with Gasteiger partial charge in [-0.2, -0.15) is 0 Å². The molecule has 2 aromatic carbocycles. The van der Waals surface area contributed by atoms with Crippen LogP contribution in [0.3, 0.4) is 0 Å². The number of hydrogen-bond donors (Lipinski definition) is 3. The van der Waals surface area contributed by atoms with E-state index in [0.29, 0.717) is 30.9 Å². The van der Waals surface area contributed by atoms with Gasteiger partial charge < -0.3 is 30.7 Å². The minimum absolute atomic E-state index is 0.151. The number of piperidine rings is 1. The minimum atomic E-state index is -0.469. The van der Waals surface area contributed by atoms with Crippen molar-refractivity contribution in [2.24, 2.45) is 10.7 Å². The molecule has 2 bridgehead atoms. The second kappa shape index (κ2) is 20.1. The first-order valence-electron chi connectivity index (χ1n) is 21.4. The Morgan fingerprint density at radius 3 is 2.48 bits per heavy atom. The molecule has 9 nitrogen and oxygen atoms in total. The summed E-state index contributed by atoms with van der Waals surface area (Å²) in [5.41, 5.74) is 16.9. The van der Waals surface area contributed by atoms with Gasteiger partial charge in [0.2, 0.25) is 5.95 Å². The van der Waals surface area contributed by atoms with Crippen LogP contribution in [0, 0.1) is 18.6 Å².